The topological polar surface area (TPSA) is 63.9 Å². The van der Waals surface area contributed by atoms with Gasteiger partial charge in [0.1, 0.15) is 11.6 Å². The zero-order chi connectivity index (χ0) is 16.0. The van der Waals surface area contributed by atoms with Gasteiger partial charge in [-0.2, -0.15) is 0 Å². The van der Waals surface area contributed by atoms with Gasteiger partial charge in [-0.1, -0.05) is 0 Å². The summed E-state index contributed by atoms with van der Waals surface area (Å²) >= 11 is 0. The number of rotatable bonds is 3. The molecule has 0 radical (unpaired) electrons. The second-order valence-corrected chi connectivity index (χ2v) is 6.69. The lowest BCUT2D eigenvalue weighted by Gasteiger charge is -2.16. The van der Waals surface area contributed by atoms with Crippen LogP contribution in [-0.4, -0.2) is 43.4 Å². The first-order valence-electron chi connectivity index (χ1n) is 8.23. The molecule has 0 bridgehead atoms. The molecule has 1 atom stereocenters. The van der Waals surface area contributed by atoms with Gasteiger partial charge in [0.15, 0.2) is 0 Å². The summed E-state index contributed by atoms with van der Waals surface area (Å²) in [5, 5.41) is 0. The average molecular weight is 311 g/mol. The summed E-state index contributed by atoms with van der Waals surface area (Å²) in [4.78, 5) is 27.8. The Morgan fingerprint density at radius 2 is 1.91 bits per heavy atom. The summed E-state index contributed by atoms with van der Waals surface area (Å²) in [5.74, 6) is 2.80. The number of carbonyl (C=O) groups is 1. The van der Waals surface area contributed by atoms with Crippen molar-refractivity contribution in [2.24, 2.45) is 7.05 Å². The maximum Gasteiger partial charge on any atom is 0.257 e. The van der Waals surface area contributed by atoms with E-state index in [1.165, 1.54) is 12.8 Å². The summed E-state index contributed by atoms with van der Waals surface area (Å²) < 4.78 is 2.07. The van der Waals surface area contributed by atoms with Crippen LogP contribution in [0.2, 0.25) is 0 Å². The Morgan fingerprint density at radius 1 is 1.17 bits per heavy atom. The molecule has 3 heterocycles. The molecule has 1 unspecified atom stereocenters. The number of aromatic nitrogens is 4. The third-order valence-electron chi connectivity index (χ3n) is 4.73. The molecule has 23 heavy (non-hydrogen) atoms. The molecule has 6 nitrogen and oxygen atoms in total. The molecule has 2 aromatic heterocycles. The second kappa shape index (κ2) is 5.44. The first kappa shape index (κ1) is 14.4. The Hall–Kier alpha value is -2.24. The van der Waals surface area contributed by atoms with Crippen LogP contribution >= 0.6 is 0 Å². The maximum absolute atomic E-state index is 12.6. The van der Waals surface area contributed by atoms with Crippen molar-refractivity contribution in [1.29, 1.82) is 0 Å². The molecule has 1 saturated carbocycles. The van der Waals surface area contributed by atoms with E-state index in [9.17, 15) is 4.79 Å². The lowest BCUT2D eigenvalue weighted by Crippen LogP contribution is -2.29. The van der Waals surface area contributed by atoms with Gasteiger partial charge < -0.3 is 9.47 Å². The van der Waals surface area contributed by atoms with E-state index < -0.39 is 0 Å². The van der Waals surface area contributed by atoms with Crippen molar-refractivity contribution in [3.05, 3.63) is 41.5 Å². The fraction of sp³-hybridized carbons (Fsp3) is 0.529. The largest absolute Gasteiger partial charge is 0.338 e. The van der Waals surface area contributed by atoms with E-state index in [1.54, 1.807) is 12.4 Å². The molecular weight excluding hydrogens is 290 g/mol. The molecule has 120 valence electrons. The highest BCUT2D eigenvalue weighted by Crippen LogP contribution is 2.37. The number of imidazole rings is 1. The molecule has 2 aromatic rings. The molecule has 4 rings (SSSR count). The Balaban J connectivity index is 1.46. The van der Waals surface area contributed by atoms with Gasteiger partial charge in [-0.15, -0.1) is 0 Å². The number of nitrogens with zero attached hydrogens (tertiary/aromatic N) is 5. The number of hydrogen-bond acceptors (Lipinski definition) is 4. The summed E-state index contributed by atoms with van der Waals surface area (Å²) in [6.07, 6.45) is 8.69. The zero-order valence-electron chi connectivity index (χ0n) is 13.6. The first-order valence-corrected chi connectivity index (χ1v) is 8.23. The molecule has 6 heteroatoms. The van der Waals surface area contributed by atoms with E-state index in [2.05, 4.69) is 19.5 Å². The Labute approximate surface area is 135 Å². The number of carbonyl (C=O) groups excluding carboxylic acids is 1. The smallest absolute Gasteiger partial charge is 0.257 e. The van der Waals surface area contributed by atoms with E-state index in [4.69, 9.17) is 0 Å². The Morgan fingerprint density at radius 3 is 2.52 bits per heavy atom. The number of amides is 1. The Kier molecular flexibility index (Phi) is 3.39. The van der Waals surface area contributed by atoms with E-state index >= 15 is 0 Å². The minimum absolute atomic E-state index is 0.0285. The van der Waals surface area contributed by atoms with Crippen LogP contribution in [-0.2, 0) is 7.05 Å². The average Bonchev–Trinajstić information content (AvgIpc) is 3.19. The van der Waals surface area contributed by atoms with Gasteiger partial charge in [-0.3, -0.25) is 4.79 Å². The highest BCUT2D eigenvalue weighted by molar-refractivity contribution is 5.93. The summed E-state index contributed by atoms with van der Waals surface area (Å²) in [6, 6.07) is 0. The van der Waals surface area contributed by atoms with Crippen molar-refractivity contribution in [2.75, 3.05) is 13.1 Å². The van der Waals surface area contributed by atoms with Crippen LogP contribution in [0.1, 0.15) is 58.8 Å². The van der Waals surface area contributed by atoms with Crippen LogP contribution in [0.5, 0.6) is 0 Å². The molecule has 1 aliphatic carbocycles. The highest BCUT2D eigenvalue weighted by Gasteiger charge is 2.31. The quantitative estimate of drug-likeness (QED) is 0.870. The van der Waals surface area contributed by atoms with Crippen molar-refractivity contribution < 1.29 is 4.79 Å². The molecular formula is C17H21N5O. The van der Waals surface area contributed by atoms with E-state index in [-0.39, 0.29) is 5.91 Å². The first-order chi connectivity index (χ1) is 11.1. The lowest BCUT2D eigenvalue weighted by atomic mass is 10.1. The predicted molar refractivity (Wildman–Crippen MR) is 85.2 cm³/mol. The van der Waals surface area contributed by atoms with Gasteiger partial charge in [0.2, 0.25) is 0 Å². The lowest BCUT2D eigenvalue weighted by molar-refractivity contribution is 0.0789. The highest BCUT2D eigenvalue weighted by atomic mass is 16.2. The van der Waals surface area contributed by atoms with E-state index in [0.717, 1.165) is 30.3 Å². The molecule has 1 aliphatic heterocycles. The molecule has 1 amide bonds. The fourth-order valence-corrected chi connectivity index (χ4v) is 3.35. The minimum Gasteiger partial charge on any atom is -0.338 e. The summed E-state index contributed by atoms with van der Waals surface area (Å²) in [6.45, 7) is 3.48. The van der Waals surface area contributed by atoms with Crippen molar-refractivity contribution in [3.63, 3.8) is 0 Å². The van der Waals surface area contributed by atoms with Crippen LogP contribution < -0.4 is 0 Å². The molecule has 0 aromatic carbocycles. The van der Waals surface area contributed by atoms with E-state index in [0.29, 0.717) is 23.9 Å². The van der Waals surface area contributed by atoms with Crippen LogP contribution in [0.3, 0.4) is 0 Å². The van der Waals surface area contributed by atoms with E-state index in [1.807, 2.05) is 25.1 Å². The van der Waals surface area contributed by atoms with Crippen molar-refractivity contribution in [3.8, 4) is 0 Å². The Bertz CT molecular complexity index is 732. The van der Waals surface area contributed by atoms with Gasteiger partial charge >= 0.3 is 0 Å². The van der Waals surface area contributed by atoms with Crippen LogP contribution in [0.25, 0.3) is 0 Å². The second-order valence-electron chi connectivity index (χ2n) is 6.69. The van der Waals surface area contributed by atoms with Gasteiger partial charge in [0.25, 0.3) is 5.91 Å². The van der Waals surface area contributed by atoms with Gasteiger partial charge in [-0.05, 0) is 26.2 Å². The number of likely N-dealkylation sites (tertiary alicyclic amines) is 1. The van der Waals surface area contributed by atoms with Crippen LogP contribution in [0.4, 0.5) is 0 Å². The third kappa shape index (κ3) is 2.73. The maximum atomic E-state index is 12.6. The van der Waals surface area contributed by atoms with Crippen LogP contribution in [0.15, 0.2) is 18.6 Å². The van der Waals surface area contributed by atoms with Crippen molar-refractivity contribution >= 4 is 5.91 Å². The number of hydrogen-bond donors (Lipinski definition) is 0. The minimum atomic E-state index is 0.0285. The molecule has 1 saturated heterocycles. The molecule has 2 fully saturated rings. The standard InChI is InChI=1S/C17H21N5O/c1-11-9-21(2)16(20-11)13-5-6-22(10-13)17(23)14-7-18-15(19-8-14)12-3-4-12/h7-9,12-13H,3-6,10H2,1-2H3. The molecule has 0 N–H and O–H groups in total. The summed E-state index contributed by atoms with van der Waals surface area (Å²) in [7, 11) is 2.02. The van der Waals surface area contributed by atoms with Crippen molar-refractivity contribution in [1.82, 2.24) is 24.4 Å². The number of aryl methyl sites for hydroxylation is 2. The fourth-order valence-electron chi connectivity index (χ4n) is 3.35. The zero-order valence-corrected chi connectivity index (χ0v) is 13.6. The monoisotopic (exact) mass is 311 g/mol. The summed E-state index contributed by atoms with van der Waals surface area (Å²) in [5.41, 5.74) is 1.61. The van der Waals surface area contributed by atoms with Crippen molar-refractivity contribution in [2.45, 2.75) is 38.0 Å². The van der Waals surface area contributed by atoms with Gasteiger partial charge in [-0.25, -0.2) is 15.0 Å². The van der Waals surface area contributed by atoms with Crippen LogP contribution in [0, 0.1) is 6.92 Å². The molecule has 2 aliphatic rings. The van der Waals surface area contributed by atoms with Gasteiger partial charge in [0, 0.05) is 50.6 Å². The van der Waals surface area contributed by atoms with Gasteiger partial charge in [0.05, 0.1) is 11.3 Å². The molecule has 0 spiro atoms. The normalized spacial score (nSPS) is 21.0. The SMILES string of the molecule is Cc1cn(C)c(C2CCN(C(=O)c3cnc(C4CC4)nc3)C2)n1. The third-order valence-corrected chi connectivity index (χ3v) is 4.73. The predicted octanol–water partition coefficient (Wildman–Crippen LogP) is 2.03.